The van der Waals surface area contributed by atoms with Gasteiger partial charge in [0.1, 0.15) is 5.75 Å². The van der Waals surface area contributed by atoms with Crippen molar-refractivity contribution >= 4 is 23.8 Å². The molecule has 164 valence electrons. The number of amides is 1. The maximum absolute atomic E-state index is 12.2. The van der Waals surface area contributed by atoms with E-state index in [1.54, 1.807) is 25.1 Å². The predicted molar refractivity (Wildman–Crippen MR) is 112 cm³/mol. The molecule has 3 rings (SSSR count). The van der Waals surface area contributed by atoms with Crippen molar-refractivity contribution in [3.63, 3.8) is 0 Å². The number of nitrogens with one attached hydrogen (secondary N) is 1. The lowest BCUT2D eigenvalue weighted by molar-refractivity contribution is -0.394. The number of nitro benzene ring substituents is 1. The van der Waals surface area contributed by atoms with Crippen LogP contribution in [0.2, 0.25) is 0 Å². The standard InChI is InChI=1S/C19H17N7O6/c1-12-7-14(4-5-16(12)25(28)29)18(27)22-21-9-13-3-6-17(32-2)15(8-13)10-24-11-20-19(23-24)26(30)31/h3-9,11H,10H2,1-2H3,(H,22,27)/b21-9-. The second-order valence-corrected chi connectivity index (χ2v) is 6.53. The third kappa shape index (κ3) is 5.08. The van der Waals surface area contributed by atoms with Crippen LogP contribution < -0.4 is 10.2 Å². The van der Waals surface area contributed by atoms with E-state index in [0.717, 1.165) is 0 Å². The van der Waals surface area contributed by atoms with Gasteiger partial charge < -0.3 is 14.9 Å². The zero-order valence-electron chi connectivity index (χ0n) is 17.0. The van der Waals surface area contributed by atoms with Crippen LogP contribution in [0, 0.1) is 27.2 Å². The van der Waals surface area contributed by atoms with Crippen LogP contribution in [0.15, 0.2) is 47.8 Å². The fourth-order valence-corrected chi connectivity index (χ4v) is 2.85. The minimum absolute atomic E-state index is 0.0754. The van der Waals surface area contributed by atoms with Gasteiger partial charge in [0.25, 0.3) is 11.6 Å². The number of aromatic nitrogens is 3. The maximum atomic E-state index is 12.2. The molecule has 13 nitrogen and oxygen atoms in total. The van der Waals surface area contributed by atoms with Crippen molar-refractivity contribution in [1.29, 1.82) is 0 Å². The first-order valence-corrected chi connectivity index (χ1v) is 9.07. The Morgan fingerprint density at radius 3 is 2.62 bits per heavy atom. The van der Waals surface area contributed by atoms with Gasteiger partial charge in [-0.3, -0.25) is 14.9 Å². The summed E-state index contributed by atoms with van der Waals surface area (Å²) in [6, 6.07) is 9.13. The number of aryl methyl sites for hydroxylation is 1. The molecule has 13 heteroatoms. The van der Waals surface area contributed by atoms with Gasteiger partial charge in [0.05, 0.1) is 24.8 Å². The molecule has 0 bridgehead atoms. The Hall–Kier alpha value is -4.68. The smallest absolute Gasteiger partial charge is 0.490 e. The molecule has 0 unspecified atom stereocenters. The summed E-state index contributed by atoms with van der Waals surface area (Å²) in [6.45, 7) is 1.71. The summed E-state index contributed by atoms with van der Waals surface area (Å²) in [7, 11) is 1.49. The van der Waals surface area contributed by atoms with Crippen LogP contribution >= 0.6 is 0 Å². The second kappa shape index (κ2) is 9.42. The summed E-state index contributed by atoms with van der Waals surface area (Å²) in [6.07, 6.45) is 2.65. The van der Waals surface area contributed by atoms with Gasteiger partial charge in [-0.15, -0.1) is 0 Å². The Labute approximate surface area is 180 Å². The monoisotopic (exact) mass is 439 g/mol. The highest BCUT2D eigenvalue weighted by Crippen LogP contribution is 2.21. The van der Waals surface area contributed by atoms with Crippen molar-refractivity contribution < 1.29 is 19.4 Å². The molecule has 1 aromatic heterocycles. The summed E-state index contributed by atoms with van der Waals surface area (Å²) in [5, 5.41) is 29.3. The van der Waals surface area contributed by atoms with Gasteiger partial charge in [-0.05, 0) is 47.7 Å². The topological polar surface area (TPSA) is 168 Å². The number of hydrogen-bond acceptors (Lipinski definition) is 9. The summed E-state index contributed by atoms with van der Waals surface area (Å²) < 4.78 is 6.61. The van der Waals surface area contributed by atoms with Crippen LogP contribution in [-0.2, 0) is 6.54 Å². The average molecular weight is 439 g/mol. The lowest BCUT2D eigenvalue weighted by Crippen LogP contribution is -2.17. The molecule has 0 saturated heterocycles. The molecule has 0 radical (unpaired) electrons. The third-order valence-electron chi connectivity index (χ3n) is 4.36. The number of ether oxygens (including phenoxy) is 1. The molecule has 0 spiro atoms. The Morgan fingerprint density at radius 1 is 1.22 bits per heavy atom. The van der Waals surface area contributed by atoms with E-state index in [-0.39, 0.29) is 17.8 Å². The van der Waals surface area contributed by atoms with E-state index in [0.29, 0.717) is 22.4 Å². The van der Waals surface area contributed by atoms with Gasteiger partial charge in [-0.2, -0.15) is 9.78 Å². The fraction of sp³-hybridized carbons (Fsp3) is 0.158. The third-order valence-corrected chi connectivity index (χ3v) is 4.36. The number of carbonyl (C=O) groups excluding carboxylic acids is 1. The van der Waals surface area contributed by atoms with Gasteiger partial charge in [-0.25, -0.2) is 5.43 Å². The Bertz CT molecular complexity index is 1220. The van der Waals surface area contributed by atoms with Crippen LogP contribution in [0.25, 0.3) is 0 Å². The summed E-state index contributed by atoms with van der Waals surface area (Å²) in [4.78, 5) is 36.3. The van der Waals surface area contributed by atoms with E-state index < -0.39 is 21.7 Å². The first-order chi connectivity index (χ1) is 15.3. The Balaban J connectivity index is 1.72. The lowest BCUT2D eigenvalue weighted by Gasteiger charge is -2.08. The number of methoxy groups -OCH3 is 1. The van der Waals surface area contributed by atoms with Crippen LogP contribution in [-0.4, -0.2) is 43.8 Å². The zero-order valence-corrected chi connectivity index (χ0v) is 17.0. The number of carbonyl (C=O) groups is 1. The molecule has 1 N–H and O–H groups in total. The molecule has 0 aliphatic rings. The molecule has 0 saturated carbocycles. The van der Waals surface area contributed by atoms with Gasteiger partial charge in [-0.1, -0.05) is 4.98 Å². The molecule has 0 aliphatic heterocycles. The van der Waals surface area contributed by atoms with Gasteiger partial charge >= 0.3 is 5.95 Å². The summed E-state index contributed by atoms with van der Waals surface area (Å²) >= 11 is 0. The van der Waals surface area contributed by atoms with E-state index in [2.05, 4.69) is 20.6 Å². The van der Waals surface area contributed by atoms with Gasteiger partial charge in [0, 0.05) is 27.9 Å². The van der Waals surface area contributed by atoms with Crippen LogP contribution in [0.3, 0.4) is 0 Å². The van der Waals surface area contributed by atoms with Gasteiger partial charge in [0.2, 0.25) is 6.33 Å². The molecule has 0 fully saturated rings. The number of nitro groups is 2. The summed E-state index contributed by atoms with van der Waals surface area (Å²) in [5.41, 5.74) is 4.16. The van der Waals surface area contributed by atoms with Crippen LogP contribution in [0.4, 0.5) is 11.6 Å². The van der Waals surface area contributed by atoms with Crippen molar-refractivity contribution in [3.8, 4) is 5.75 Å². The predicted octanol–water partition coefficient (Wildman–Crippen LogP) is 2.22. The van der Waals surface area contributed by atoms with Crippen molar-refractivity contribution in [3.05, 3.63) is 85.2 Å². The van der Waals surface area contributed by atoms with Crippen molar-refractivity contribution in [2.75, 3.05) is 7.11 Å². The second-order valence-electron chi connectivity index (χ2n) is 6.53. The van der Waals surface area contributed by atoms with Crippen molar-refractivity contribution in [2.45, 2.75) is 13.5 Å². The number of benzene rings is 2. The minimum atomic E-state index is -0.689. The quantitative estimate of drug-likeness (QED) is 0.316. The van der Waals surface area contributed by atoms with Crippen molar-refractivity contribution in [2.24, 2.45) is 5.10 Å². The van der Waals surface area contributed by atoms with E-state index in [9.17, 15) is 25.0 Å². The number of nitrogens with zero attached hydrogens (tertiary/aromatic N) is 6. The molecule has 1 amide bonds. The fourth-order valence-electron chi connectivity index (χ4n) is 2.85. The average Bonchev–Trinajstić information content (AvgIpc) is 3.22. The molecule has 0 atom stereocenters. The minimum Gasteiger partial charge on any atom is -0.496 e. The zero-order chi connectivity index (χ0) is 23.3. The molecule has 32 heavy (non-hydrogen) atoms. The number of hydrogen-bond donors (Lipinski definition) is 1. The first-order valence-electron chi connectivity index (χ1n) is 9.07. The molecular weight excluding hydrogens is 422 g/mol. The molecule has 2 aromatic carbocycles. The normalized spacial score (nSPS) is 10.8. The molecular formula is C19H17N7O6. The van der Waals surface area contributed by atoms with E-state index in [1.807, 2.05) is 0 Å². The number of rotatable bonds is 8. The SMILES string of the molecule is COc1ccc(/C=N\NC(=O)c2ccc([N+](=O)[O-])c(C)c2)cc1Cn1cnc([N+](=O)[O-])n1. The molecule has 3 aromatic rings. The van der Waals surface area contributed by atoms with Crippen molar-refractivity contribution in [1.82, 2.24) is 20.2 Å². The molecule has 1 heterocycles. The largest absolute Gasteiger partial charge is 0.496 e. The first kappa shape index (κ1) is 22.0. The van der Waals surface area contributed by atoms with Crippen LogP contribution in [0.1, 0.15) is 27.0 Å². The van der Waals surface area contributed by atoms with Gasteiger partial charge in [0.15, 0.2) is 0 Å². The summed E-state index contributed by atoms with van der Waals surface area (Å²) in [5.74, 6) is -0.500. The highest BCUT2D eigenvalue weighted by molar-refractivity contribution is 5.95. The molecule has 0 aliphatic carbocycles. The van der Waals surface area contributed by atoms with E-state index in [4.69, 9.17) is 4.74 Å². The Kier molecular flexibility index (Phi) is 6.48. The maximum Gasteiger partial charge on any atom is 0.490 e. The highest BCUT2D eigenvalue weighted by atomic mass is 16.6. The highest BCUT2D eigenvalue weighted by Gasteiger charge is 2.15. The number of hydrazone groups is 1. The van der Waals surface area contributed by atoms with Crippen LogP contribution in [0.5, 0.6) is 5.75 Å². The van der Waals surface area contributed by atoms with E-state index in [1.165, 1.54) is 42.5 Å². The van der Waals surface area contributed by atoms with E-state index >= 15 is 0 Å². The lowest BCUT2D eigenvalue weighted by atomic mass is 10.1. The Morgan fingerprint density at radius 2 is 2.00 bits per heavy atom.